The van der Waals surface area contributed by atoms with Crippen LogP contribution in [0.2, 0.25) is 0 Å². The van der Waals surface area contributed by atoms with Gasteiger partial charge in [-0.25, -0.2) is 0 Å². The number of rotatable bonds is 3. The van der Waals surface area contributed by atoms with E-state index in [0.717, 1.165) is 16.8 Å². The third-order valence-corrected chi connectivity index (χ3v) is 4.97. The summed E-state index contributed by atoms with van der Waals surface area (Å²) < 4.78 is 1.07. The Bertz CT molecular complexity index is 378. The fourth-order valence-corrected chi connectivity index (χ4v) is 3.65. The highest BCUT2D eigenvalue weighted by Crippen LogP contribution is 2.44. The van der Waals surface area contributed by atoms with Crippen LogP contribution in [0.25, 0.3) is 0 Å². The second-order valence-electron chi connectivity index (χ2n) is 5.59. The molecule has 92 valence electrons. The summed E-state index contributed by atoms with van der Waals surface area (Å²) in [4.78, 5) is 4.54. The van der Waals surface area contributed by atoms with Crippen molar-refractivity contribution in [3.63, 3.8) is 0 Å². The van der Waals surface area contributed by atoms with Crippen LogP contribution in [-0.2, 0) is 6.42 Å². The quantitative estimate of drug-likeness (QED) is 0.926. The second-order valence-corrected chi connectivity index (χ2v) is 6.51. The Balaban J connectivity index is 1.75. The molecule has 1 N–H and O–H groups in total. The summed E-state index contributed by atoms with van der Waals surface area (Å²) in [5.41, 5.74) is 1.76. The minimum Gasteiger partial charge on any atom is -0.315 e. The minimum absolute atomic E-state index is 0.511. The number of aromatic nitrogens is 1. The Morgan fingerprint density at radius 2 is 2.06 bits per heavy atom. The summed E-state index contributed by atoms with van der Waals surface area (Å²) in [7, 11) is 0. The maximum Gasteiger partial charge on any atom is 0.0413 e. The SMILES string of the molecule is Brc1ccc(CC2(C3CCCC3)CNC2)nc1. The molecule has 2 aliphatic rings. The summed E-state index contributed by atoms with van der Waals surface area (Å²) in [5.74, 6) is 0.925. The maximum absolute atomic E-state index is 4.54. The van der Waals surface area contributed by atoms with E-state index < -0.39 is 0 Å². The van der Waals surface area contributed by atoms with Gasteiger partial charge in [-0.15, -0.1) is 0 Å². The lowest BCUT2D eigenvalue weighted by Crippen LogP contribution is -2.58. The van der Waals surface area contributed by atoms with E-state index in [-0.39, 0.29) is 0 Å². The van der Waals surface area contributed by atoms with Gasteiger partial charge in [0.05, 0.1) is 0 Å². The van der Waals surface area contributed by atoms with Gasteiger partial charge in [-0.2, -0.15) is 0 Å². The number of hydrogen-bond acceptors (Lipinski definition) is 2. The molecule has 0 bridgehead atoms. The van der Waals surface area contributed by atoms with E-state index in [9.17, 15) is 0 Å². The number of pyridine rings is 1. The van der Waals surface area contributed by atoms with Crippen molar-refractivity contribution in [2.75, 3.05) is 13.1 Å². The molecule has 1 aliphatic heterocycles. The second kappa shape index (κ2) is 4.69. The number of nitrogens with zero attached hydrogens (tertiary/aromatic N) is 1. The van der Waals surface area contributed by atoms with Crippen molar-refractivity contribution >= 4 is 15.9 Å². The molecule has 17 heavy (non-hydrogen) atoms. The summed E-state index contributed by atoms with van der Waals surface area (Å²) >= 11 is 3.45. The number of nitrogens with one attached hydrogen (secondary N) is 1. The molecular weight excluding hydrogens is 276 g/mol. The lowest BCUT2D eigenvalue weighted by Gasteiger charge is -2.47. The van der Waals surface area contributed by atoms with Crippen molar-refractivity contribution in [3.05, 3.63) is 28.5 Å². The first-order valence-electron chi connectivity index (χ1n) is 6.60. The largest absolute Gasteiger partial charge is 0.315 e. The van der Waals surface area contributed by atoms with Crippen LogP contribution < -0.4 is 5.32 Å². The highest BCUT2D eigenvalue weighted by molar-refractivity contribution is 9.10. The molecule has 1 saturated carbocycles. The van der Waals surface area contributed by atoms with Crippen molar-refractivity contribution in [1.82, 2.24) is 10.3 Å². The Morgan fingerprint density at radius 1 is 1.29 bits per heavy atom. The van der Waals surface area contributed by atoms with Gasteiger partial charge >= 0.3 is 0 Å². The molecule has 3 heteroatoms. The standard InChI is InChI=1S/C14H19BrN2/c15-12-5-6-13(17-8-12)7-14(9-16-10-14)11-3-1-2-4-11/h5-6,8,11,16H,1-4,7,9-10H2. The first kappa shape index (κ1) is 11.7. The lowest BCUT2D eigenvalue weighted by atomic mass is 9.67. The van der Waals surface area contributed by atoms with Crippen LogP contribution in [0, 0.1) is 11.3 Å². The van der Waals surface area contributed by atoms with Crippen LogP contribution in [0.1, 0.15) is 31.4 Å². The Morgan fingerprint density at radius 3 is 2.59 bits per heavy atom. The van der Waals surface area contributed by atoms with Crippen LogP contribution >= 0.6 is 15.9 Å². The van der Waals surface area contributed by atoms with Crippen molar-refractivity contribution in [1.29, 1.82) is 0 Å². The van der Waals surface area contributed by atoms with Gasteiger partial charge in [-0.3, -0.25) is 4.98 Å². The van der Waals surface area contributed by atoms with Gasteiger partial charge in [0.25, 0.3) is 0 Å². The van der Waals surface area contributed by atoms with Gasteiger partial charge in [0, 0.05) is 34.9 Å². The molecule has 0 amide bonds. The first-order chi connectivity index (χ1) is 8.28. The summed E-state index contributed by atoms with van der Waals surface area (Å²) in [6.07, 6.45) is 8.79. The fourth-order valence-electron chi connectivity index (χ4n) is 3.41. The average molecular weight is 295 g/mol. The molecule has 0 radical (unpaired) electrons. The zero-order chi connectivity index (χ0) is 11.7. The monoisotopic (exact) mass is 294 g/mol. The average Bonchev–Trinajstić information content (AvgIpc) is 2.80. The van der Waals surface area contributed by atoms with Crippen LogP contribution in [0.5, 0.6) is 0 Å². The highest BCUT2D eigenvalue weighted by Gasteiger charge is 2.44. The van der Waals surface area contributed by atoms with E-state index in [2.05, 4.69) is 38.4 Å². The van der Waals surface area contributed by atoms with E-state index in [1.54, 1.807) is 0 Å². The van der Waals surface area contributed by atoms with E-state index in [0.29, 0.717) is 5.41 Å². The minimum atomic E-state index is 0.511. The van der Waals surface area contributed by atoms with Crippen molar-refractivity contribution < 1.29 is 0 Å². The van der Waals surface area contributed by atoms with Crippen molar-refractivity contribution in [2.45, 2.75) is 32.1 Å². The summed E-state index contributed by atoms with van der Waals surface area (Å²) in [6.45, 7) is 2.38. The van der Waals surface area contributed by atoms with E-state index in [1.165, 1.54) is 44.5 Å². The van der Waals surface area contributed by atoms with Crippen LogP contribution in [0.3, 0.4) is 0 Å². The third-order valence-electron chi connectivity index (χ3n) is 4.50. The number of halogens is 1. The summed E-state index contributed by atoms with van der Waals surface area (Å²) in [6, 6.07) is 4.27. The van der Waals surface area contributed by atoms with Gasteiger partial charge in [-0.05, 0) is 53.2 Å². The van der Waals surface area contributed by atoms with Crippen molar-refractivity contribution in [3.8, 4) is 0 Å². The van der Waals surface area contributed by atoms with Gasteiger partial charge in [0.15, 0.2) is 0 Å². The molecule has 0 spiro atoms. The molecule has 3 rings (SSSR count). The predicted octanol–water partition coefficient (Wildman–Crippen LogP) is 3.17. The van der Waals surface area contributed by atoms with E-state index in [1.807, 2.05) is 6.20 Å². The number of hydrogen-bond donors (Lipinski definition) is 1. The third kappa shape index (κ3) is 2.27. The molecule has 2 heterocycles. The van der Waals surface area contributed by atoms with Gasteiger partial charge in [0.1, 0.15) is 0 Å². The first-order valence-corrected chi connectivity index (χ1v) is 7.39. The van der Waals surface area contributed by atoms with Gasteiger partial charge in [0.2, 0.25) is 0 Å². The Labute approximate surface area is 111 Å². The molecule has 2 fully saturated rings. The van der Waals surface area contributed by atoms with Crippen molar-refractivity contribution in [2.24, 2.45) is 11.3 Å². The highest BCUT2D eigenvalue weighted by atomic mass is 79.9. The van der Waals surface area contributed by atoms with E-state index >= 15 is 0 Å². The normalized spacial score (nSPS) is 23.6. The molecule has 0 aromatic carbocycles. The molecule has 1 aromatic heterocycles. The molecule has 2 nitrogen and oxygen atoms in total. The predicted molar refractivity (Wildman–Crippen MR) is 72.9 cm³/mol. The Hall–Kier alpha value is -0.410. The molecule has 0 unspecified atom stereocenters. The van der Waals surface area contributed by atoms with Crippen LogP contribution in [-0.4, -0.2) is 18.1 Å². The molecule has 1 aromatic rings. The summed E-state index contributed by atoms with van der Waals surface area (Å²) in [5, 5.41) is 3.47. The molecule has 1 saturated heterocycles. The van der Waals surface area contributed by atoms with Crippen LogP contribution in [0.4, 0.5) is 0 Å². The van der Waals surface area contributed by atoms with Gasteiger partial charge < -0.3 is 5.32 Å². The Kier molecular flexibility index (Phi) is 3.22. The smallest absolute Gasteiger partial charge is 0.0413 e. The fraction of sp³-hybridized carbons (Fsp3) is 0.643. The molecular formula is C14H19BrN2. The molecule has 1 aliphatic carbocycles. The lowest BCUT2D eigenvalue weighted by molar-refractivity contribution is 0.0800. The van der Waals surface area contributed by atoms with Gasteiger partial charge in [-0.1, -0.05) is 12.8 Å². The maximum atomic E-state index is 4.54. The zero-order valence-corrected chi connectivity index (χ0v) is 11.7. The van der Waals surface area contributed by atoms with E-state index in [4.69, 9.17) is 0 Å². The topological polar surface area (TPSA) is 24.9 Å². The van der Waals surface area contributed by atoms with Crippen LogP contribution in [0.15, 0.2) is 22.8 Å². The molecule has 0 atom stereocenters. The zero-order valence-electron chi connectivity index (χ0n) is 10.1.